The van der Waals surface area contributed by atoms with Gasteiger partial charge in [-0.2, -0.15) is 0 Å². The number of halogens is 1. The van der Waals surface area contributed by atoms with Crippen LogP contribution in [0.1, 0.15) is 10.4 Å². The summed E-state index contributed by atoms with van der Waals surface area (Å²) in [5.74, 6) is -0.317. The van der Waals surface area contributed by atoms with Gasteiger partial charge in [0, 0.05) is 38.2 Å². The van der Waals surface area contributed by atoms with E-state index >= 15 is 0 Å². The van der Waals surface area contributed by atoms with E-state index in [0.29, 0.717) is 30.9 Å². The maximum absolute atomic E-state index is 12.7. The maximum atomic E-state index is 12.7. The van der Waals surface area contributed by atoms with Crippen molar-refractivity contribution in [2.45, 2.75) is 11.0 Å². The van der Waals surface area contributed by atoms with Crippen molar-refractivity contribution in [3.63, 3.8) is 0 Å². The van der Waals surface area contributed by atoms with Crippen LogP contribution in [-0.2, 0) is 10.0 Å². The van der Waals surface area contributed by atoms with Crippen LogP contribution in [0.15, 0.2) is 59.5 Å². The lowest BCUT2D eigenvalue weighted by Crippen LogP contribution is -2.34. The summed E-state index contributed by atoms with van der Waals surface area (Å²) in [6.45, 7) is 1.55. The minimum Gasteiger partial charge on any atom is -0.391 e. The van der Waals surface area contributed by atoms with Gasteiger partial charge in [-0.15, -0.1) is 12.4 Å². The van der Waals surface area contributed by atoms with Gasteiger partial charge in [0.05, 0.1) is 16.7 Å². The van der Waals surface area contributed by atoms with E-state index < -0.39 is 16.1 Å². The number of aliphatic hydroxyl groups is 1. The molecule has 0 bridgehead atoms. The average molecular weight is 426 g/mol. The first-order chi connectivity index (χ1) is 12.9. The molecule has 9 heteroatoms. The Hall–Kier alpha value is -2.13. The number of anilines is 1. The molecule has 0 saturated carbocycles. The van der Waals surface area contributed by atoms with Crippen LogP contribution in [0.2, 0.25) is 0 Å². The molecule has 3 rings (SSSR count). The number of hydrogen-bond acceptors (Lipinski definition) is 5. The molecule has 0 spiro atoms. The van der Waals surface area contributed by atoms with E-state index in [-0.39, 0.29) is 29.1 Å². The van der Waals surface area contributed by atoms with Gasteiger partial charge in [-0.25, -0.2) is 8.42 Å². The van der Waals surface area contributed by atoms with Gasteiger partial charge in [0.1, 0.15) is 0 Å². The first kappa shape index (κ1) is 22.2. The number of rotatable bonds is 6. The Kier molecular flexibility index (Phi) is 7.42. The van der Waals surface area contributed by atoms with Crippen molar-refractivity contribution < 1.29 is 18.3 Å². The Bertz CT molecular complexity index is 891. The Labute approximate surface area is 171 Å². The van der Waals surface area contributed by atoms with E-state index in [4.69, 9.17) is 0 Å². The first-order valence-electron chi connectivity index (χ1n) is 8.70. The summed E-state index contributed by atoms with van der Waals surface area (Å²) >= 11 is 0. The van der Waals surface area contributed by atoms with Crippen molar-refractivity contribution >= 4 is 34.0 Å². The van der Waals surface area contributed by atoms with Crippen molar-refractivity contribution in [1.29, 1.82) is 0 Å². The van der Waals surface area contributed by atoms with Crippen molar-refractivity contribution in [2.24, 2.45) is 5.92 Å². The summed E-state index contributed by atoms with van der Waals surface area (Å²) in [6.07, 6.45) is -0.466. The van der Waals surface area contributed by atoms with Crippen LogP contribution >= 0.6 is 12.4 Å². The third-order valence-electron chi connectivity index (χ3n) is 4.72. The Morgan fingerprint density at radius 1 is 1.14 bits per heavy atom. The van der Waals surface area contributed by atoms with Gasteiger partial charge in [-0.3, -0.25) is 9.10 Å². The quantitative estimate of drug-likeness (QED) is 0.646. The number of carbonyl (C=O) groups is 1. The van der Waals surface area contributed by atoms with Crippen molar-refractivity contribution in [2.75, 3.05) is 31.0 Å². The number of nitrogens with one attached hydrogen (secondary N) is 2. The van der Waals surface area contributed by atoms with Crippen LogP contribution in [-0.4, -0.2) is 52.2 Å². The fourth-order valence-corrected chi connectivity index (χ4v) is 4.16. The number of benzene rings is 2. The molecule has 1 heterocycles. The zero-order valence-corrected chi connectivity index (χ0v) is 17.0. The molecule has 1 fully saturated rings. The molecule has 1 saturated heterocycles. The molecular weight excluding hydrogens is 402 g/mol. The van der Waals surface area contributed by atoms with Gasteiger partial charge >= 0.3 is 0 Å². The molecule has 0 aromatic heterocycles. The normalized spacial score (nSPS) is 18.9. The van der Waals surface area contributed by atoms with Gasteiger partial charge in [0.2, 0.25) is 0 Å². The maximum Gasteiger partial charge on any atom is 0.264 e. The predicted octanol–water partition coefficient (Wildman–Crippen LogP) is 1.24. The standard InChI is InChI=1S/C19H23N3O4S.ClH/c1-22(16-5-3-2-4-6-16)27(25,26)17-9-7-14(8-10-17)19(24)21-12-15-11-20-13-18(15)23;/h2-10,15,18,20,23H,11-13H2,1H3,(H,21,24);1H. The van der Waals surface area contributed by atoms with Crippen molar-refractivity contribution in [3.05, 3.63) is 60.2 Å². The predicted molar refractivity (Wildman–Crippen MR) is 110 cm³/mol. The number of nitrogens with zero attached hydrogens (tertiary/aromatic N) is 1. The summed E-state index contributed by atoms with van der Waals surface area (Å²) in [7, 11) is -2.21. The lowest BCUT2D eigenvalue weighted by Gasteiger charge is -2.19. The topological polar surface area (TPSA) is 98.7 Å². The highest BCUT2D eigenvalue weighted by molar-refractivity contribution is 7.92. The Morgan fingerprint density at radius 3 is 2.36 bits per heavy atom. The number of β-amino-alcohol motifs (C(OH)–C–C–N with tert-alkyl or cyclic N) is 1. The van der Waals surface area contributed by atoms with Crippen molar-refractivity contribution in [1.82, 2.24) is 10.6 Å². The molecule has 1 aliphatic heterocycles. The van der Waals surface area contributed by atoms with Crippen LogP contribution in [0.4, 0.5) is 5.69 Å². The fraction of sp³-hybridized carbons (Fsp3) is 0.316. The largest absolute Gasteiger partial charge is 0.391 e. The lowest BCUT2D eigenvalue weighted by molar-refractivity contribution is 0.0927. The number of sulfonamides is 1. The molecule has 0 radical (unpaired) electrons. The summed E-state index contributed by atoms with van der Waals surface area (Å²) in [5.41, 5.74) is 0.930. The van der Waals surface area contributed by atoms with Gasteiger partial charge in [-0.1, -0.05) is 18.2 Å². The van der Waals surface area contributed by atoms with Crippen LogP contribution in [0.3, 0.4) is 0 Å². The minimum atomic E-state index is -3.71. The highest BCUT2D eigenvalue weighted by Crippen LogP contribution is 2.22. The van der Waals surface area contributed by atoms with Crippen LogP contribution in [0.25, 0.3) is 0 Å². The van der Waals surface area contributed by atoms with E-state index in [1.54, 1.807) is 24.3 Å². The fourth-order valence-electron chi connectivity index (χ4n) is 2.97. The molecule has 2 aromatic carbocycles. The second kappa shape index (κ2) is 9.38. The second-order valence-electron chi connectivity index (χ2n) is 6.53. The van der Waals surface area contributed by atoms with Gasteiger partial charge in [0.25, 0.3) is 15.9 Å². The number of carbonyl (C=O) groups excluding carboxylic acids is 1. The molecule has 7 nitrogen and oxygen atoms in total. The number of aliphatic hydroxyl groups excluding tert-OH is 1. The SMILES string of the molecule is CN(c1ccccc1)S(=O)(=O)c1ccc(C(=O)NCC2CNCC2O)cc1.Cl. The minimum absolute atomic E-state index is 0. The lowest BCUT2D eigenvalue weighted by atomic mass is 10.1. The molecule has 28 heavy (non-hydrogen) atoms. The Morgan fingerprint density at radius 2 is 1.79 bits per heavy atom. The molecule has 2 unspecified atom stereocenters. The van der Waals surface area contributed by atoms with Gasteiger partial charge in [0.15, 0.2) is 0 Å². The summed E-state index contributed by atoms with van der Waals surface area (Å²) in [4.78, 5) is 12.4. The number of amides is 1. The monoisotopic (exact) mass is 425 g/mol. The summed E-state index contributed by atoms with van der Waals surface area (Å²) in [5, 5.41) is 15.6. The van der Waals surface area contributed by atoms with Crippen LogP contribution < -0.4 is 14.9 Å². The smallest absolute Gasteiger partial charge is 0.264 e. The van der Waals surface area contributed by atoms with Crippen LogP contribution in [0, 0.1) is 5.92 Å². The molecule has 1 amide bonds. The van der Waals surface area contributed by atoms with Gasteiger partial charge < -0.3 is 15.7 Å². The van der Waals surface area contributed by atoms with E-state index in [1.807, 2.05) is 6.07 Å². The molecule has 2 aromatic rings. The summed E-state index contributed by atoms with van der Waals surface area (Å²) < 4.78 is 26.7. The van der Waals surface area contributed by atoms with E-state index in [9.17, 15) is 18.3 Å². The highest BCUT2D eigenvalue weighted by atomic mass is 35.5. The van der Waals surface area contributed by atoms with E-state index in [1.165, 1.54) is 35.6 Å². The number of para-hydroxylation sites is 1. The third kappa shape index (κ3) is 4.82. The molecule has 152 valence electrons. The summed E-state index contributed by atoms with van der Waals surface area (Å²) in [6, 6.07) is 14.6. The molecule has 0 aliphatic carbocycles. The zero-order valence-electron chi connectivity index (χ0n) is 15.4. The highest BCUT2D eigenvalue weighted by Gasteiger charge is 2.25. The first-order valence-corrected chi connectivity index (χ1v) is 10.1. The molecule has 3 N–H and O–H groups in total. The van der Waals surface area contributed by atoms with Crippen molar-refractivity contribution in [3.8, 4) is 0 Å². The number of hydrogen-bond donors (Lipinski definition) is 3. The second-order valence-corrected chi connectivity index (χ2v) is 8.50. The molecule has 2 atom stereocenters. The van der Waals surface area contributed by atoms with E-state index in [0.717, 1.165) is 0 Å². The van der Waals surface area contributed by atoms with Gasteiger partial charge in [-0.05, 0) is 36.4 Å². The zero-order chi connectivity index (χ0) is 19.4. The third-order valence-corrected chi connectivity index (χ3v) is 6.52. The Balaban J connectivity index is 0.00000280. The van der Waals surface area contributed by atoms with E-state index in [2.05, 4.69) is 10.6 Å². The van der Waals surface area contributed by atoms with Crippen LogP contribution in [0.5, 0.6) is 0 Å². The molecular formula is C19H24ClN3O4S. The molecule has 1 aliphatic rings. The average Bonchev–Trinajstić information content (AvgIpc) is 3.11.